The van der Waals surface area contributed by atoms with Crippen LogP contribution in [-0.4, -0.2) is 16.1 Å². The Balaban J connectivity index is 1.79. The molecular weight excluding hydrogens is 311 g/mol. The maximum Gasteiger partial charge on any atom is 0.416 e. The molecule has 0 saturated heterocycles. The fourth-order valence-corrected chi connectivity index (χ4v) is 2.12. The number of anilines is 1. The smallest absolute Gasteiger partial charge is 0.322 e. The molecule has 1 aromatic heterocycles. The number of hydrogen-bond acceptors (Lipinski definition) is 3. The van der Waals surface area contributed by atoms with Gasteiger partial charge in [0.25, 0.3) is 11.5 Å². The minimum atomic E-state index is -4.44. The molecule has 0 atom stereocenters. The number of alkyl halides is 3. The first-order chi connectivity index (χ1) is 10.8. The molecule has 120 valence electrons. The third-order valence-electron chi connectivity index (χ3n) is 3.53. The Morgan fingerprint density at radius 1 is 1.22 bits per heavy atom. The molecule has 0 aliphatic heterocycles. The summed E-state index contributed by atoms with van der Waals surface area (Å²) >= 11 is 0. The minimum Gasteiger partial charge on any atom is -0.322 e. The van der Waals surface area contributed by atoms with E-state index in [-0.39, 0.29) is 17.2 Å². The normalized spacial score (nSPS) is 14.6. The zero-order chi connectivity index (χ0) is 16.6. The Morgan fingerprint density at radius 3 is 2.43 bits per heavy atom. The van der Waals surface area contributed by atoms with Crippen LogP contribution in [0.1, 0.15) is 40.4 Å². The van der Waals surface area contributed by atoms with Gasteiger partial charge in [-0.05, 0) is 43.2 Å². The fourth-order valence-electron chi connectivity index (χ4n) is 2.12. The molecule has 0 radical (unpaired) electrons. The minimum absolute atomic E-state index is 0.109. The van der Waals surface area contributed by atoms with Gasteiger partial charge in [-0.25, -0.2) is 5.10 Å². The van der Waals surface area contributed by atoms with E-state index in [1.165, 1.54) is 6.07 Å². The molecule has 1 aliphatic rings. The number of halogens is 3. The van der Waals surface area contributed by atoms with Gasteiger partial charge in [0, 0.05) is 11.6 Å². The lowest BCUT2D eigenvalue weighted by atomic mass is 10.1. The third kappa shape index (κ3) is 3.41. The van der Waals surface area contributed by atoms with E-state index in [9.17, 15) is 22.8 Å². The Labute approximate surface area is 128 Å². The summed E-state index contributed by atoms with van der Waals surface area (Å²) in [4.78, 5) is 23.8. The highest BCUT2D eigenvalue weighted by atomic mass is 19.4. The number of hydrogen-bond donors (Lipinski definition) is 2. The molecule has 1 aliphatic carbocycles. The monoisotopic (exact) mass is 323 g/mol. The largest absolute Gasteiger partial charge is 0.416 e. The zero-order valence-electron chi connectivity index (χ0n) is 11.8. The molecule has 0 bridgehead atoms. The predicted molar refractivity (Wildman–Crippen MR) is 76.2 cm³/mol. The number of nitrogens with zero attached hydrogens (tertiary/aromatic N) is 1. The highest BCUT2D eigenvalue weighted by Crippen LogP contribution is 2.38. The standard InChI is InChI=1S/C15H12F3N3O2/c16-15(17,18)9-3-5-10(6-4-9)19-13(22)11-7-12(8-1-2-8)20-21-14(11)23/h3-8H,1-2H2,(H,19,22)(H,21,23). The van der Waals surface area contributed by atoms with Gasteiger partial charge in [-0.1, -0.05) is 0 Å². The molecule has 3 rings (SSSR count). The van der Waals surface area contributed by atoms with Crippen molar-refractivity contribution in [1.29, 1.82) is 0 Å². The fraction of sp³-hybridized carbons (Fsp3) is 0.267. The van der Waals surface area contributed by atoms with Gasteiger partial charge in [-0.3, -0.25) is 9.59 Å². The average molecular weight is 323 g/mol. The van der Waals surface area contributed by atoms with E-state index in [1.54, 1.807) is 0 Å². The lowest BCUT2D eigenvalue weighted by molar-refractivity contribution is -0.137. The highest BCUT2D eigenvalue weighted by molar-refractivity contribution is 6.04. The second-order valence-corrected chi connectivity index (χ2v) is 5.34. The first-order valence-electron chi connectivity index (χ1n) is 6.93. The van der Waals surface area contributed by atoms with E-state index in [2.05, 4.69) is 15.5 Å². The summed E-state index contributed by atoms with van der Waals surface area (Å²) < 4.78 is 37.5. The first-order valence-corrected chi connectivity index (χ1v) is 6.93. The molecule has 2 aromatic rings. The van der Waals surface area contributed by atoms with Crippen LogP contribution in [0.25, 0.3) is 0 Å². The molecule has 5 nitrogen and oxygen atoms in total. The van der Waals surface area contributed by atoms with Crippen LogP contribution in [-0.2, 0) is 6.18 Å². The van der Waals surface area contributed by atoms with Crippen molar-refractivity contribution in [1.82, 2.24) is 10.2 Å². The molecule has 1 aromatic carbocycles. The van der Waals surface area contributed by atoms with Crippen molar-refractivity contribution in [3.63, 3.8) is 0 Å². The number of aromatic nitrogens is 2. The molecule has 0 unspecified atom stereocenters. The summed E-state index contributed by atoms with van der Waals surface area (Å²) in [6.07, 6.45) is -2.53. The SMILES string of the molecule is O=C(Nc1ccc(C(F)(F)F)cc1)c1cc(C2CC2)n[nH]c1=O. The lowest BCUT2D eigenvalue weighted by Crippen LogP contribution is -2.24. The molecular formula is C15H12F3N3O2. The van der Waals surface area contributed by atoms with Crippen molar-refractivity contribution in [2.75, 3.05) is 5.32 Å². The van der Waals surface area contributed by atoms with Gasteiger partial charge in [-0.2, -0.15) is 18.3 Å². The second-order valence-electron chi connectivity index (χ2n) is 5.34. The van der Waals surface area contributed by atoms with Crippen LogP contribution in [0.15, 0.2) is 35.1 Å². The predicted octanol–water partition coefficient (Wildman–Crippen LogP) is 2.92. The number of carbonyl (C=O) groups excluding carboxylic acids is 1. The lowest BCUT2D eigenvalue weighted by Gasteiger charge is -2.09. The highest BCUT2D eigenvalue weighted by Gasteiger charge is 2.30. The Kier molecular flexibility index (Phi) is 3.67. The Morgan fingerprint density at radius 2 is 1.87 bits per heavy atom. The molecule has 2 N–H and O–H groups in total. The van der Waals surface area contributed by atoms with E-state index in [4.69, 9.17) is 0 Å². The van der Waals surface area contributed by atoms with Crippen LogP contribution >= 0.6 is 0 Å². The molecule has 1 amide bonds. The van der Waals surface area contributed by atoms with Gasteiger partial charge >= 0.3 is 6.18 Å². The van der Waals surface area contributed by atoms with Gasteiger partial charge in [0.2, 0.25) is 0 Å². The summed E-state index contributed by atoms with van der Waals surface area (Å²) in [5, 5.41) is 8.57. The molecule has 1 fully saturated rings. The Hall–Kier alpha value is -2.64. The molecule has 0 spiro atoms. The van der Waals surface area contributed by atoms with Crippen LogP contribution in [0, 0.1) is 0 Å². The molecule has 1 heterocycles. The summed E-state index contributed by atoms with van der Waals surface area (Å²) in [6, 6.07) is 5.43. The van der Waals surface area contributed by atoms with Crippen LogP contribution in [0.5, 0.6) is 0 Å². The van der Waals surface area contributed by atoms with Gasteiger partial charge in [-0.15, -0.1) is 0 Å². The summed E-state index contributed by atoms with van der Waals surface area (Å²) in [5.41, 5.74) is -0.747. The second kappa shape index (κ2) is 5.53. The van der Waals surface area contributed by atoms with Crippen LogP contribution < -0.4 is 10.9 Å². The van der Waals surface area contributed by atoms with Crippen LogP contribution in [0.2, 0.25) is 0 Å². The summed E-state index contributed by atoms with van der Waals surface area (Å²) in [7, 11) is 0. The quantitative estimate of drug-likeness (QED) is 0.912. The van der Waals surface area contributed by atoms with Crippen LogP contribution in [0.4, 0.5) is 18.9 Å². The average Bonchev–Trinajstić information content (AvgIpc) is 3.32. The number of benzene rings is 1. The van der Waals surface area contributed by atoms with Crippen molar-refractivity contribution in [3.8, 4) is 0 Å². The van der Waals surface area contributed by atoms with Gasteiger partial charge in [0.1, 0.15) is 5.56 Å². The zero-order valence-corrected chi connectivity index (χ0v) is 11.8. The van der Waals surface area contributed by atoms with Crippen molar-refractivity contribution in [3.05, 3.63) is 57.5 Å². The molecule has 8 heteroatoms. The number of amides is 1. The van der Waals surface area contributed by atoms with Crippen LogP contribution in [0.3, 0.4) is 0 Å². The third-order valence-corrected chi connectivity index (χ3v) is 3.53. The van der Waals surface area contributed by atoms with E-state index in [0.29, 0.717) is 5.69 Å². The number of nitrogens with one attached hydrogen (secondary N) is 2. The molecule has 1 saturated carbocycles. The topological polar surface area (TPSA) is 74.8 Å². The maximum absolute atomic E-state index is 12.5. The summed E-state index contributed by atoms with van der Waals surface area (Å²) in [5.74, 6) is -0.431. The van der Waals surface area contributed by atoms with E-state index in [0.717, 1.165) is 37.1 Å². The maximum atomic E-state index is 12.5. The van der Waals surface area contributed by atoms with Crippen molar-refractivity contribution in [2.45, 2.75) is 24.9 Å². The van der Waals surface area contributed by atoms with E-state index in [1.807, 2.05) is 0 Å². The number of aromatic amines is 1. The number of carbonyl (C=O) groups is 1. The first kappa shape index (κ1) is 15.3. The number of rotatable bonds is 3. The van der Waals surface area contributed by atoms with Crippen molar-refractivity contribution < 1.29 is 18.0 Å². The van der Waals surface area contributed by atoms with E-state index < -0.39 is 23.2 Å². The van der Waals surface area contributed by atoms with Crippen molar-refractivity contribution in [2.24, 2.45) is 0 Å². The summed E-state index contributed by atoms with van der Waals surface area (Å²) in [6.45, 7) is 0. The Bertz CT molecular complexity index is 793. The van der Waals surface area contributed by atoms with E-state index >= 15 is 0 Å². The van der Waals surface area contributed by atoms with Crippen molar-refractivity contribution >= 4 is 11.6 Å². The van der Waals surface area contributed by atoms with Gasteiger partial charge in [0.05, 0.1) is 11.3 Å². The molecule has 23 heavy (non-hydrogen) atoms. The number of H-pyrrole nitrogens is 1. The van der Waals surface area contributed by atoms with Gasteiger partial charge in [0.15, 0.2) is 0 Å². The van der Waals surface area contributed by atoms with Gasteiger partial charge < -0.3 is 5.32 Å².